The van der Waals surface area contributed by atoms with Crippen molar-refractivity contribution in [1.29, 1.82) is 0 Å². The molecule has 1 aromatic carbocycles. The van der Waals surface area contributed by atoms with Gasteiger partial charge in [0.1, 0.15) is 0 Å². The van der Waals surface area contributed by atoms with Crippen molar-refractivity contribution in [2.75, 3.05) is 20.1 Å². The van der Waals surface area contributed by atoms with Gasteiger partial charge >= 0.3 is 0 Å². The first kappa shape index (κ1) is 12.6. The van der Waals surface area contributed by atoms with Gasteiger partial charge < -0.3 is 10.0 Å². The van der Waals surface area contributed by atoms with Crippen LogP contribution in [0.25, 0.3) is 0 Å². The Morgan fingerprint density at radius 2 is 2.00 bits per heavy atom. The second-order valence-corrected chi connectivity index (χ2v) is 5.45. The summed E-state index contributed by atoms with van der Waals surface area (Å²) < 4.78 is 0. The van der Waals surface area contributed by atoms with E-state index in [1.807, 2.05) is 30.3 Å². The zero-order valence-electron chi connectivity index (χ0n) is 10.8. The Morgan fingerprint density at radius 3 is 2.59 bits per heavy atom. The molecule has 0 aromatic heterocycles. The van der Waals surface area contributed by atoms with Gasteiger partial charge in [0.2, 0.25) is 0 Å². The van der Waals surface area contributed by atoms with Gasteiger partial charge in [-0.1, -0.05) is 37.3 Å². The van der Waals surface area contributed by atoms with Gasteiger partial charge in [-0.05, 0) is 37.3 Å². The SMILES string of the molecule is CC1CC1CN(C)CC[C@@H](O)c1ccccc1. The van der Waals surface area contributed by atoms with Crippen molar-refractivity contribution in [1.82, 2.24) is 4.90 Å². The molecule has 1 aliphatic carbocycles. The smallest absolute Gasteiger partial charge is 0.0802 e. The van der Waals surface area contributed by atoms with Crippen molar-refractivity contribution in [3.8, 4) is 0 Å². The third-order valence-electron chi connectivity index (χ3n) is 3.79. The van der Waals surface area contributed by atoms with Crippen LogP contribution in [0.1, 0.15) is 31.4 Å². The topological polar surface area (TPSA) is 23.5 Å². The van der Waals surface area contributed by atoms with Crippen molar-refractivity contribution in [2.45, 2.75) is 25.9 Å². The summed E-state index contributed by atoms with van der Waals surface area (Å²) in [7, 11) is 2.16. The Balaban J connectivity index is 1.70. The molecule has 1 aliphatic rings. The van der Waals surface area contributed by atoms with E-state index in [1.54, 1.807) is 0 Å². The molecular formula is C15H23NO. The minimum Gasteiger partial charge on any atom is -0.388 e. The number of hydrogen-bond donors (Lipinski definition) is 1. The highest BCUT2D eigenvalue weighted by molar-refractivity contribution is 5.17. The Kier molecular flexibility index (Phi) is 4.19. The predicted molar refractivity (Wildman–Crippen MR) is 70.8 cm³/mol. The van der Waals surface area contributed by atoms with E-state index in [-0.39, 0.29) is 6.10 Å². The average Bonchev–Trinajstić information content (AvgIpc) is 3.03. The molecule has 0 bridgehead atoms. The lowest BCUT2D eigenvalue weighted by Crippen LogP contribution is -2.24. The van der Waals surface area contributed by atoms with Crippen molar-refractivity contribution >= 4 is 0 Å². The maximum atomic E-state index is 10.0. The van der Waals surface area contributed by atoms with Gasteiger partial charge in [0.15, 0.2) is 0 Å². The molecule has 1 N–H and O–H groups in total. The van der Waals surface area contributed by atoms with E-state index in [9.17, 15) is 5.11 Å². The van der Waals surface area contributed by atoms with E-state index in [0.717, 1.165) is 30.4 Å². The minimum atomic E-state index is -0.324. The van der Waals surface area contributed by atoms with Crippen LogP contribution in [0.15, 0.2) is 30.3 Å². The van der Waals surface area contributed by atoms with Gasteiger partial charge in [-0.3, -0.25) is 0 Å². The molecule has 0 amide bonds. The lowest BCUT2D eigenvalue weighted by atomic mass is 10.1. The van der Waals surface area contributed by atoms with E-state index < -0.39 is 0 Å². The molecule has 0 aliphatic heterocycles. The molecule has 0 saturated heterocycles. The molecule has 1 fully saturated rings. The van der Waals surface area contributed by atoms with Crippen molar-refractivity contribution < 1.29 is 5.11 Å². The van der Waals surface area contributed by atoms with Crippen LogP contribution in [-0.2, 0) is 0 Å². The quantitative estimate of drug-likeness (QED) is 0.816. The van der Waals surface area contributed by atoms with Crippen LogP contribution in [0.3, 0.4) is 0 Å². The van der Waals surface area contributed by atoms with Gasteiger partial charge in [-0.2, -0.15) is 0 Å². The molecule has 0 spiro atoms. The van der Waals surface area contributed by atoms with Crippen LogP contribution in [0.5, 0.6) is 0 Å². The summed E-state index contributed by atoms with van der Waals surface area (Å²) in [6, 6.07) is 9.93. The minimum absolute atomic E-state index is 0.324. The number of aliphatic hydroxyl groups excluding tert-OH is 1. The maximum absolute atomic E-state index is 10.0. The van der Waals surface area contributed by atoms with Gasteiger partial charge in [0.05, 0.1) is 6.10 Å². The molecule has 2 unspecified atom stereocenters. The van der Waals surface area contributed by atoms with Gasteiger partial charge in [0, 0.05) is 13.1 Å². The third-order valence-corrected chi connectivity index (χ3v) is 3.79. The van der Waals surface area contributed by atoms with E-state index >= 15 is 0 Å². The monoisotopic (exact) mass is 233 g/mol. The molecule has 2 rings (SSSR count). The second kappa shape index (κ2) is 5.65. The van der Waals surface area contributed by atoms with Crippen molar-refractivity contribution in [2.24, 2.45) is 11.8 Å². The summed E-state index contributed by atoms with van der Waals surface area (Å²) in [4.78, 5) is 2.35. The van der Waals surface area contributed by atoms with E-state index in [0.29, 0.717) is 0 Å². The van der Waals surface area contributed by atoms with Crippen LogP contribution >= 0.6 is 0 Å². The lowest BCUT2D eigenvalue weighted by Gasteiger charge is -2.19. The highest BCUT2D eigenvalue weighted by Gasteiger charge is 2.32. The Bertz CT molecular complexity index is 338. The highest BCUT2D eigenvalue weighted by Crippen LogP contribution is 2.38. The fourth-order valence-corrected chi connectivity index (χ4v) is 2.33. The van der Waals surface area contributed by atoms with Crippen LogP contribution in [0.2, 0.25) is 0 Å². The van der Waals surface area contributed by atoms with Crippen molar-refractivity contribution in [3.63, 3.8) is 0 Å². The number of rotatable bonds is 6. The summed E-state index contributed by atoms with van der Waals surface area (Å²) in [5.74, 6) is 1.81. The molecule has 2 heteroatoms. The molecule has 1 saturated carbocycles. The first-order valence-electron chi connectivity index (χ1n) is 6.58. The van der Waals surface area contributed by atoms with Crippen LogP contribution in [0, 0.1) is 11.8 Å². The van der Waals surface area contributed by atoms with Crippen LogP contribution in [-0.4, -0.2) is 30.1 Å². The number of hydrogen-bond acceptors (Lipinski definition) is 2. The summed E-state index contributed by atoms with van der Waals surface area (Å²) in [6.07, 6.45) is 1.88. The molecule has 0 radical (unpaired) electrons. The molecular weight excluding hydrogens is 210 g/mol. The van der Waals surface area contributed by atoms with E-state index in [2.05, 4.69) is 18.9 Å². The summed E-state index contributed by atoms with van der Waals surface area (Å²) in [6.45, 7) is 4.47. The number of nitrogens with zero attached hydrogens (tertiary/aromatic N) is 1. The Hall–Kier alpha value is -0.860. The van der Waals surface area contributed by atoms with Crippen molar-refractivity contribution in [3.05, 3.63) is 35.9 Å². The first-order chi connectivity index (χ1) is 8.16. The zero-order valence-corrected chi connectivity index (χ0v) is 10.8. The predicted octanol–water partition coefficient (Wildman–Crippen LogP) is 2.70. The Labute approximate surface area is 104 Å². The van der Waals surface area contributed by atoms with Gasteiger partial charge in [-0.25, -0.2) is 0 Å². The molecule has 3 atom stereocenters. The molecule has 94 valence electrons. The second-order valence-electron chi connectivity index (χ2n) is 5.45. The van der Waals surface area contributed by atoms with Crippen LogP contribution < -0.4 is 0 Å². The largest absolute Gasteiger partial charge is 0.388 e. The van der Waals surface area contributed by atoms with Crippen LogP contribution in [0.4, 0.5) is 0 Å². The summed E-state index contributed by atoms with van der Waals surface area (Å²) >= 11 is 0. The fraction of sp³-hybridized carbons (Fsp3) is 0.600. The fourth-order valence-electron chi connectivity index (χ4n) is 2.33. The zero-order chi connectivity index (χ0) is 12.3. The van der Waals surface area contributed by atoms with Gasteiger partial charge in [-0.15, -0.1) is 0 Å². The van der Waals surface area contributed by atoms with E-state index in [1.165, 1.54) is 13.0 Å². The number of benzene rings is 1. The lowest BCUT2D eigenvalue weighted by molar-refractivity contribution is 0.147. The highest BCUT2D eigenvalue weighted by atomic mass is 16.3. The Morgan fingerprint density at radius 1 is 1.35 bits per heavy atom. The molecule has 0 heterocycles. The normalized spacial score (nSPS) is 24.9. The molecule has 2 nitrogen and oxygen atoms in total. The number of aliphatic hydroxyl groups is 1. The standard InChI is InChI=1S/C15H23NO/c1-12-10-14(12)11-16(2)9-8-15(17)13-6-4-3-5-7-13/h3-7,12,14-15,17H,8-11H2,1-2H3/t12?,14?,15-/m1/s1. The molecule has 17 heavy (non-hydrogen) atoms. The summed E-state index contributed by atoms with van der Waals surface area (Å²) in [5, 5.41) is 10.0. The molecule has 1 aromatic rings. The summed E-state index contributed by atoms with van der Waals surface area (Å²) in [5.41, 5.74) is 1.03. The first-order valence-corrected chi connectivity index (χ1v) is 6.58. The average molecular weight is 233 g/mol. The third kappa shape index (κ3) is 3.83. The maximum Gasteiger partial charge on any atom is 0.0802 e. The van der Waals surface area contributed by atoms with Gasteiger partial charge in [0.25, 0.3) is 0 Å². The van der Waals surface area contributed by atoms with E-state index in [4.69, 9.17) is 0 Å².